The van der Waals surface area contributed by atoms with Crippen molar-refractivity contribution in [1.82, 2.24) is 20.3 Å². The quantitative estimate of drug-likeness (QED) is 0.709. The van der Waals surface area contributed by atoms with Crippen LogP contribution in [0.15, 0.2) is 36.4 Å². The Labute approximate surface area is 167 Å². The molecule has 4 rings (SSSR count). The van der Waals surface area contributed by atoms with Crippen LogP contribution in [0.3, 0.4) is 0 Å². The standard InChI is InChI=1S/C21H20FN5O2/c1-10-18(26-20(28)17-11(2)24-21(23)27-19(10)17)13-8-7-12(22)9-14(13)15-5-4-6-16(25-15)29-3/h4-10,18H,1-3H3,(H,26,28)(H2,23,24,27). The molecule has 2 atom stereocenters. The first-order valence-electron chi connectivity index (χ1n) is 9.14. The second-order valence-corrected chi connectivity index (χ2v) is 6.96. The number of carbonyl (C=O) groups is 1. The molecule has 148 valence electrons. The number of nitrogens with one attached hydrogen (secondary N) is 1. The zero-order valence-corrected chi connectivity index (χ0v) is 16.2. The summed E-state index contributed by atoms with van der Waals surface area (Å²) >= 11 is 0. The molecule has 7 nitrogen and oxygen atoms in total. The van der Waals surface area contributed by atoms with Crippen molar-refractivity contribution < 1.29 is 13.9 Å². The van der Waals surface area contributed by atoms with E-state index in [-0.39, 0.29) is 17.8 Å². The number of aryl methyl sites for hydroxylation is 1. The lowest BCUT2D eigenvalue weighted by Gasteiger charge is -2.33. The van der Waals surface area contributed by atoms with Gasteiger partial charge in [0, 0.05) is 17.5 Å². The molecule has 1 aliphatic rings. The van der Waals surface area contributed by atoms with E-state index in [1.807, 2.05) is 6.92 Å². The summed E-state index contributed by atoms with van der Waals surface area (Å²) in [4.78, 5) is 25.7. The second-order valence-electron chi connectivity index (χ2n) is 6.96. The van der Waals surface area contributed by atoms with Crippen LogP contribution in [0.5, 0.6) is 5.88 Å². The van der Waals surface area contributed by atoms with E-state index < -0.39 is 11.9 Å². The molecule has 0 aliphatic carbocycles. The van der Waals surface area contributed by atoms with Gasteiger partial charge in [-0.05, 0) is 30.7 Å². The van der Waals surface area contributed by atoms with Crippen LogP contribution in [-0.4, -0.2) is 28.0 Å². The lowest BCUT2D eigenvalue weighted by atomic mass is 9.83. The van der Waals surface area contributed by atoms with Crippen molar-refractivity contribution in [2.75, 3.05) is 12.8 Å². The lowest BCUT2D eigenvalue weighted by molar-refractivity contribution is 0.0913. The first-order chi connectivity index (χ1) is 13.9. The highest BCUT2D eigenvalue weighted by atomic mass is 19.1. The summed E-state index contributed by atoms with van der Waals surface area (Å²) in [5, 5.41) is 3.02. The van der Waals surface area contributed by atoms with Crippen LogP contribution in [0.1, 0.15) is 46.2 Å². The fourth-order valence-electron chi connectivity index (χ4n) is 3.77. The third-order valence-electron chi connectivity index (χ3n) is 5.14. The van der Waals surface area contributed by atoms with Crippen LogP contribution in [-0.2, 0) is 0 Å². The van der Waals surface area contributed by atoms with Crippen molar-refractivity contribution in [2.45, 2.75) is 25.8 Å². The van der Waals surface area contributed by atoms with Gasteiger partial charge in [-0.2, -0.15) is 0 Å². The average Bonchev–Trinajstić information content (AvgIpc) is 2.70. The largest absolute Gasteiger partial charge is 0.481 e. The van der Waals surface area contributed by atoms with Gasteiger partial charge >= 0.3 is 0 Å². The molecule has 2 unspecified atom stereocenters. The molecule has 0 saturated heterocycles. The first-order valence-corrected chi connectivity index (χ1v) is 9.14. The van der Waals surface area contributed by atoms with E-state index in [0.29, 0.717) is 34.1 Å². The summed E-state index contributed by atoms with van der Waals surface area (Å²) in [6, 6.07) is 9.27. The Morgan fingerprint density at radius 2 is 1.97 bits per heavy atom. The Balaban J connectivity index is 1.86. The van der Waals surface area contributed by atoms with E-state index in [1.54, 1.807) is 31.2 Å². The molecule has 3 heterocycles. The number of anilines is 1. The highest BCUT2D eigenvalue weighted by Gasteiger charge is 2.36. The van der Waals surface area contributed by atoms with Gasteiger partial charge in [-0.25, -0.2) is 19.3 Å². The smallest absolute Gasteiger partial charge is 0.255 e. The summed E-state index contributed by atoms with van der Waals surface area (Å²) in [6.07, 6.45) is 0. The first kappa shape index (κ1) is 18.8. The number of pyridine rings is 1. The van der Waals surface area contributed by atoms with Gasteiger partial charge in [0.2, 0.25) is 11.8 Å². The van der Waals surface area contributed by atoms with Crippen LogP contribution in [0.25, 0.3) is 11.3 Å². The summed E-state index contributed by atoms with van der Waals surface area (Å²) in [6.45, 7) is 3.67. The van der Waals surface area contributed by atoms with Crippen molar-refractivity contribution in [3.05, 3.63) is 64.7 Å². The van der Waals surface area contributed by atoms with Crippen molar-refractivity contribution in [2.24, 2.45) is 0 Å². The number of rotatable bonds is 3. The fourth-order valence-corrected chi connectivity index (χ4v) is 3.77. The molecule has 0 spiro atoms. The number of ether oxygens (including phenoxy) is 1. The van der Waals surface area contributed by atoms with Gasteiger partial charge in [0.25, 0.3) is 5.91 Å². The number of hydrogen-bond acceptors (Lipinski definition) is 6. The molecule has 3 aromatic rings. The maximum Gasteiger partial charge on any atom is 0.255 e. The number of benzene rings is 1. The third kappa shape index (κ3) is 3.26. The zero-order chi connectivity index (χ0) is 20.7. The summed E-state index contributed by atoms with van der Waals surface area (Å²) in [5.74, 6) is -0.350. The Bertz CT molecular complexity index is 1120. The number of methoxy groups -OCH3 is 1. The number of nitrogen functional groups attached to an aromatic ring is 1. The molecule has 0 fully saturated rings. The normalized spacial score (nSPS) is 18.1. The Kier molecular flexibility index (Phi) is 4.62. The van der Waals surface area contributed by atoms with Crippen LogP contribution in [0.2, 0.25) is 0 Å². The predicted molar refractivity (Wildman–Crippen MR) is 106 cm³/mol. The molecule has 1 aromatic carbocycles. The van der Waals surface area contributed by atoms with Gasteiger partial charge in [0.05, 0.1) is 35.8 Å². The molecule has 3 N–H and O–H groups in total. The van der Waals surface area contributed by atoms with E-state index in [1.165, 1.54) is 19.2 Å². The molecule has 8 heteroatoms. The number of aromatic nitrogens is 3. The average molecular weight is 393 g/mol. The maximum absolute atomic E-state index is 14.1. The SMILES string of the molecule is COc1cccc(-c2cc(F)ccc2C2NC(=O)c3c(C)nc(N)nc3C2C)n1. The van der Waals surface area contributed by atoms with Crippen molar-refractivity contribution in [1.29, 1.82) is 0 Å². The van der Waals surface area contributed by atoms with Gasteiger partial charge in [0.15, 0.2) is 0 Å². The predicted octanol–water partition coefficient (Wildman–Crippen LogP) is 3.17. The van der Waals surface area contributed by atoms with Crippen molar-refractivity contribution in [3.63, 3.8) is 0 Å². The molecule has 0 radical (unpaired) electrons. The molecule has 1 aliphatic heterocycles. The van der Waals surface area contributed by atoms with E-state index >= 15 is 0 Å². The molecule has 29 heavy (non-hydrogen) atoms. The molecule has 0 bridgehead atoms. The van der Waals surface area contributed by atoms with Crippen LogP contribution < -0.4 is 15.8 Å². The van der Waals surface area contributed by atoms with Crippen molar-refractivity contribution in [3.8, 4) is 17.1 Å². The van der Waals surface area contributed by atoms with Gasteiger partial charge in [-0.15, -0.1) is 0 Å². The number of fused-ring (bicyclic) bond motifs is 1. The summed E-state index contributed by atoms with van der Waals surface area (Å²) < 4.78 is 19.3. The van der Waals surface area contributed by atoms with Crippen LogP contribution >= 0.6 is 0 Å². The minimum Gasteiger partial charge on any atom is -0.481 e. The topological polar surface area (TPSA) is 103 Å². The van der Waals surface area contributed by atoms with E-state index in [0.717, 1.165) is 5.56 Å². The second kappa shape index (κ2) is 7.12. The number of amides is 1. The zero-order valence-electron chi connectivity index (χ0n) is 16.2. The number of carbonyl (C=O) groups excluding carboxylic acids is 1. The minimum atomic E-state index is -0.438. The molecular formula is C21H20FN5O2. The fraction of sp³-hybridized carbons (Fsp3) is 0.238. The minimum absolute atomic E-state index is 0.121. The number of hydrogen-bond donors (Lipinski definition) is 2. The Morgan fingerprint density at radius 1 is 1.17 bits per heavy atom. The monoisotopic (exact) mass is 393 g/mol. The number of halogens is 1. The van der Waals surface area contributed by atoms with E-state index in [4.69, 9.17) is 10.5 Å². The molecular weight excluding hydrogens is 373 g/mol. The maximum atomic E-state index is 14.1. The van der Waals surface area contributed by atoms with Crippen LogP contribution in [0.4, 0.5) is 10.3 Å². The molecule has 0 saturated carbocycles. The van der Waals surface area contributed by atoms with Gasteiger partial charge in [-0.3, -0.25) is 4.79 Å². The third-order valence-corrected chi connectivity index (χ3v) is 5.14. The van der Waals surface area contributed by atoms with E-state index in [2.05, 4.69) is 20.3 Å². The highest BCUT2D eigenvalue weighted by molar-refractivity contribution is 5.98. The van der Waals surface area contributed by atoms with Crippen LogP contribution in [0, 0.1) is 12.7 Å². The Morgan fingerprint density at radius 3 is 2.72 bits per heavy atom. The van der Waals surface area contributed by atoms with Crippen molar-refractivity contribution >= 4 is 11.9 Å². The number of nitrogens with zero attached hydrogens (tertiary/aromatic N) is 3. The summed E-state index contributed by atoms with van der Waals surface area (Å²) in [7, 11) is 1.52. The number of nitrogens with two attached hydrogens (primary N) is 1. The van der Waals surface area contributed by atoms with E-state index in [9.17, 15) is 9.18 Å². The molecule has 1 amide bonds. The summed E-state index contributed by atoms with van der Waals surface area (Å²) in [5.41, 5.74) is 9.22. The van der Waals surface area contributed by atoms with Gasteiger partial charge in [-0.1, -0.05) is 19.1 Å². The lowest BCUT2D eigenvalue weighted by Crippen LogP contribution is -2.39. The van der Waals surface area contributed by atoms with Gasteiger partial charge < -0.3 is 15.8 Å². The highest BCUT2D eigenvalue weighted by Crippen LogP contribution is 2.40. The van der Waals surface area contributed by atoms with Gasteiger partial charge in [0.1, 0.15) is 5.82 Å². The molecule has 2 aromatic heterocycles. The Hall–Kier alpha value is -3.55.